The maximum atomic E-state index is 12.7. The molecule has 1 N–H and O–H groups in total. The van der Waals surface area contributed by atoms with Crippen molar-refractivity contribution in [3.8, 4) is 0 Å². The Kier molecular flexibility index (Phi) is 7.09. The van der Waals surface area contributed by atoms with Gasteiger partial charge in [0.25, 0.3) is 5.91 Å². The molecule has 2 heterocycles. The minimum Gasteiger partial charge on any atom is -0.450 e. The number of carbonyl (C=O) groups excluding carboxylic acids is 2. The molecule has 0 aromatic heterocycles. The monoisotopic (exact) mass is 425 g/mol. The predicted octanol–water partition coefficient (Wildman–Crippen LogP) is -1.12. The van der Waals surface area contributed by atoms with Crippen molar-refractivity contribution in [2.24, 2.45) is 0 Å². The minimum absolute atomic E-state index is 0.0443. The summed E-state index contributed by atoms with van der Waals surface area (Å²) in [5.41, 5.74) is 0. The molecule has 0 atom stereocenters. The van der Waals surface area contributed by atoms with Crippen molar-refractivity contribution in [3.05, 3.63) is 30.3 Å². The Bertz CT molecular complexity index is 801. The number of carbonyl (C=O) groups is 2. The van der Waals surface area contributed by atoms with E-state index >= 15 is 0 Å². The molecule has 1 aromatic carbocycles. The van der Waals surface area contributed by atoms with Crippen molar-refractivity contribution in [1.29, 1.82) is 0 Å². The molecule has 0 bridgehead atoms. The highest BCUT2D eigenvalue weighted by Crippen LogP contribution is 2.14. The first kappa shape index (κ1) is 21.5. The standard InChI is InChI=1S/C19H28N4O5S/c1-2-28-19(25)22-12-10-21(11-13-22)18(24)16-20-8-14-23(15-9-20)29(26,27)17-6-4-3-5-7-17/h3-7H,2,8-16H2,1H3/p+1. The van der Waals surface area contributed by atoms with E-state index in [1.54, 1.807) is 47.1 Å². The van der Waals surface area contributed by atoms with E-state index in [4.69, 9.17) is 4.74 Å². The normalized spacial score (nSPS) is 19.2. The molecular weight excluding hydrogens is 396 g/mol. The molecule has 2 fully saturated rings. The Hall–Kier alpha value is -2.17. The molecule has 9 nitrogen and oxygen atoms in total. The second-order valence-electron chi connectivity index (χ2n) is 7.21. The molecule has 2 amide bonds. The fourth-order valence-electron chi connectivity index (χ4n) is 3.64. The summed E-state index contributed by atoms with van der Waals surface area (Å²) in [5, 5.41) is 0. The van der Waals surface area contributed by atoms with Crippen molar-refractivity contribution in [1.82, 2.24) is 14.1 Å². The van der Waals surface area contributed by atoms with Gasteiger partial charge < -0.3 is 19.4 Å². The van der Waals surface area contributed by atoms with Crippen molar-refractivity contribution < 1.29 is 27.6 Å². The molecule has 3 rings (SSSR count). The predicted molar refractivity (Wildman–Crippen MR) is 106 cm³/mol. The highest BCUT2D eigenvalue weighted by Gasteiger charge is 2.32. The van der Waals surface area contributed by atoms with E-state index in [9.17, 15) is 18.0 Å². The zero-order valence-electron chi connectivity index (χ0n) is 16.7. The van der Waals surface area contributed by atoms with Crippen LogP contribution in [-0.2, 0) is 19.6 Å². The van der Waals surface area contributed by atoms with Crippen LogP contribution in [-0.4, -0.2) is 100 Å². The van der Waals surface area contributed by atoms with E-state index in [0.29, 0.717) is 70.4 Å². The number of benzene rings is 1. The zero-order chi connectivity index (χ0) is 20.9. The maximum absolute atomic E-state index is 12.7. The van der Waals surface area contributed by atoms with Gasteiger partial charge in [-0.1, -0.05) is 18.2 Å². The zero-order valence-corrected chi connectivity index (χ0v) is 17.6. The van der Waals surface area contributed by atoms with Gasteiger partial charge in [-0.05, 0) is 19.1 Å². The third-order valence-electron chi connectivity index (χ3n) is 5.37. The van der Waals surface area contributed by atoms with Crippen LogP contribution in [0.25, 0.3) is 0 Å². The Morgan fingerprint density at radius 3 is 2.14 bits per heavy atom. The SMILES string of the molecule is CCOC(=O)N1CCN(C(=O)C[NH+]2CCN(S(=O)(=O)c3ccccc3)CC2)CC1. The average molecular weight is 426 g/mol. The van der Waals surface area contributed by atoms with Crippen LogP contribution in [0.4, 0.5) is 4.79 Å². The van der Waals surface area contributed by atoms with Gasteiger partial charge in [0.1, 0.15) is 0 Å². The number of amides is 2. The first-order valence-corrected chi connectivity index (χ1v) is 11.4. The molecule has 0 radical (unpaired) electrons. The summed E-state index contributed by atoms with van der Waals surface area (Å²) in [7, 11) is -3.48. The summed E-state index contributed by atoms with van der Waals surface area (Å²) in [6, 6.07) is 8.44. The Labute approximate surface area is 171 Å². The largest absolute Gasteiger partial charge is 0.450 e. The van der Waals surface area contributed by atoms with Crippen LogP contribution >= 0.6 is 0 Å². The fraction of sp³-hybridized carbons (Fsp3) is 0.579. The molecule has 160 valence electrons. The summed E-state index contributed by atoms with van der Waals surface area (Å²) in [5.74, 6) is 0.0443. The number of rotatable bonds is 5. The highest BCUT2D eigenvalue weighted by atomic mass is 32.2. The lowest BCUT2D eigenvalue weighted by Gasteiger charge is -2.36. The van der Waals surface area contributed by atoms with Crippen LogP contribution in [0.2, 0.25) is 0 Å². The molecule has 2 aliphatic rings. The van der Waals surface area contributed by atoms with Gasteiger partial charge in [0.15, 0.2) is 6.54 Å². The van der Waals surface area contributed by atoms with Crippen molar-refractivity contribution in [2.75, 3.05) is 65.5 Å². The van der Waals surface area contributed by atoms with Gasteiger partial charge in [-0.2, -0.15) is 4.31 Å². The van der Waals surface area contributed by atoms with E-state index in [2.05, 4.69) is 0 Å². The molecule has 0 saturated carbocycles. The Morgan fingerprint density at radius 1 is 0.966 bits per heavy atom. The summed E-state index contributed by atoms with van der Waals surface area (Å²) < 4.78 is 31.9. The lowest BCUT2D eigenvalue weighted by atomic mass is 10.3. The van der Waals surface area contributed by atoms with E-state index < -0.39 is 10.0 Å². The molecule has 2 saturated heterocycles. The number of piperazine rings is 2. The number of ether oxygens (including phenoxy) is 1. The maximum Gasteiger partial charge on any atom is 0.409 e. The van der Waals surface area contributed by atoms with Gasteiger partial charge in [-0.3, -0.25) is 4.79 Å². The molecule has 29 heavy (non-hydrogen) atoms. The third kappa shape index (κ3) is 5.26. The number of nitrogens with one attached hydrogen (secondary N) is 1. The van der Waals surface area contributed by atoms with Gasteiger partial charge in [0, 0.05) is 26.2 Å². The molecular formula is C19H29N4O5S+. The first-order chi connectivity index (χ1) is 13.9. The number of hydrogen-bond donors (Lipinski definition) is 1. The van der Waals surface area contributed by atoms with Crippen LogP contribution in [0.3, 0.4) is 0 Å². The minimum atomic E-state index is -3.48. The summed E-state index contributed by atoms with van der Waals surface area (Å²) in [4.78, 5) is 29.1. The Balaban J connectivity index is 1.45. The Morgan fingerprint density at radius 2 is 1.55 bits per heavy atom. The summed E-state index contributed by atoms with van der Waals surface area (Å²) >= 11 is 0. The van der Waals surface area contributed by atoms with Crippen LogP contribution < -0.4 is 4.90 Å². The van der Waals surface area contributed by atoms with E-state index in [1.165, 1.54) is 4.31 Å². The van der Waals surface area contributed by atoms with Gasteiger partial charge in [-0.15, -0.1) is 0 Å². The first-order valence-electron chi connectivity index (χ1n) is 10.00. The van der Waals surface area contributed by atoms with Gasteiger partial charge >= 0.3 is 6.09 Å². The highest BCUT2D eigenvalue weighted by molar-refractivity contribution is 7.89. The third-order valence-corrected chi connectivity index (χ3v) is 7.28. The van der Waals surface area contributed by atoms with Crippen LogP contribution in [0.1, 0.15) is 6.92 Å². The number of quaternary nitrogens is 1. The number of nitrogens with zero attached hydrogens (tertiary/aromatic N) is 3. The average Bonchev–Trinajstić information content (AvgIpc) is 2.75. The number of sulfonamides is 1. The molecule has 1 aromatic rings. The molecule has 0 spiro atoms. The molecule has 0 aliphatic carbocycles. The molecule has 0 unspecified atom stereocenters. The lowest BCUT2D eigenvalue weighted by molar-refractivity contribution is -0.896. The quantitative estimate of drug-likeness (QED) is 0.645. The van der Waals surface area contributed by atoms with Crippen LogP contribution in [0.15, 0.2) is 35.2 Å². The van der Waals surface area contributed by atoms with Crippen LogP contribution in [0.5, 0.6) is 0 Å². The summed E-state index contributed by atoms with van der Waals surface area (Å²) in [6.45, 7) is 6.40. The topological polar surface area (TPSA) is 91.7 Å². The van der Waals surface area contributed by atoms with E-state index in [1.807, 2.05) is 0 Å². The fourth-order valence-corrected chi connectivity index (χ4v) is 5.10. The van der Waals surface area contributed by atoms with Crippen molar-refractivity contribution in [3.63, 3.8) is 0 Å². The van der Waals surface area contributed by atoms with Crippen molar-refractivity contribution >= 4 is 22.0 Å². The second kappa shape index (κ2) is 9.55. The van der Waals surface area contributed by atoms with Gasteiger partial charge in [-0.25, -0.2) is 13.2 Å². The van der Waals surface area contributed by atoms with E-state index in [0.717, 1.165) is 4.90 Å². The molecule has 2 aliphatic heterocycles. The van der Waals surface area contributed by atoms with Crippen LogP contribution in [0, 0.1) is 0 Å². The lowest BCUT2D eigenvalue weighted by Crippen LogP contribution is -3.15. The smallest absolute Gasteiger partial charge is 0.409 e. The van der Waals surface area contributed by atoms with E-state index in [-0.39, 0.29) is 12.0 Å². The second-order valence-corrected chi connectivity index (χ2v) is 9.15. The van der Waals surface area contributed by atoms with Gasteiger partial charge in [0.05, 0.1) is 37.7 Å². The molecule has 10 heteroatoms. The van der Waals surface area contributed by atoms with Crippen molar-refractivity contribution in [2.45, 2.75) is 11.8 Å². The van der Waals surface area contributed by atoms with Gasteiger partial charge in [0.2, 0.25) is 10.0 Å². The number of hydrogen-bond acceptors (Lipinski definition) is 5. The summed E-state index contributed by atoms with van der Waals surface area (Å²) in [6.07, 6.45) is -0.332.